The highest BCUT2D eigenvalue weighted by molar-refractivity contribution is 5.98. The summed E-state index contributed by atoms with van der Waals surface area (Å²) in [4.78, 5) is 44.0. The van der Waals surface area contributed by atoms with Crippen LogP contribution >= 0.6 is 0 Å². The highest BCUT2D eigenvalue weighted by Gasteiger charge is 2.75. The maximum Gasteiger partial charge on any atom is 0.312 e. The number of benzene rings is 1. The maximum absolute atomic E-state index is 14.2. The van der Waals surface area contributed by atoms with E-state index in [1.165, 1.54) is 4.90 Å². The van der Waals surface area contributed by atoms with E-state index in [4.69, 9.17) is 9.47 Å². The van der Waals surface area contributed by atoms with Gasteiger partial charge in [0, 0.05) is 13.1 Å². The first-order chi connectivity index (χ1) is 16.4. The van der Waals surface area contributed by atoms with Crippen LogP contribution in [0.3, 0.4) is 0 Å². The van der Waals surface area contributed by atoms with Crippen LogP contribution in [-0.2, 0) is 30.4 Å². The second-order valence-corrected chi connectivity index (χ2v) is 9.29. The number of nitrogens with zero attached hydrogens (tertiary/aromatic N) is 2. The molecule has 3 saturated heterocycles. The van der Waals surface area contributed by atoms with Gasteiger partial charge in [-0.25, -0.2) is 0 Å². The summed E-state index contributed by atoms with van der Waals surface area (Å²) in [6.45, 7) is 8.00. The van der Waals surface area contributed by atoms with E-state index in [1.807, 2.05) is 37.3 Å². The second-order valence-electron chi connectivity index (χ2n) is 9.29. The highest BCUT2D eigenvalue weighted by atomic mass is 16.6. The van der Waals surface area contributed by atoms with Crippen molar-refractivity contribution in [3.05, 3.63) is 48.6 Å². The van der Waals surface area contributed by atoms with E-state index >= 15 is 0 Å². The number of aliphatic hydroxyl groups is 1. The van der Waals surface area contributed by atoms with Crippen molar-refractivity contribution in [2.24, 2.45) is 11.8 Å². The van der Waals surface area contributed by atoms with Crippen LogP contribution in [0.2, 0.25) is 0 Å². The van der Waals surface area contributed by atoms with Crippen LogP contribution in [0.5, 0.6) is 0 Å². The Balaban J connectivity index is 1.75. The molecule has 6 atom stereocenters. The number of esters is 1. The van der Waals surface area contributed by atoms with Gasteiger partial charge in [-0.15, -0.1) is 6.58 Å². The minimum Gasteiger partial charge on any atom is -0.466 e. The third-order valence-corrected chi connectivity index (χ3v) is 7.48. The monoisotopic (exact) mass is 470 g/mol. The number of amides is 2. The molecule has 2 unspecified atom stereocenters. The van der Waals surface area contributed by atoms with Crippen molar-refractivity contribution in [1.29, 1.82) is 0 Å². The molecule has 3 heterocycles. The molecule has 184 valence electrons. The minimum atomic E-state index is -1.10. The molecule has 1 N–H and O–H groups in total. The lowest BCUT2D eigenvalue weighted by molar-refractivity contribution is -0.156. The molecule has 4 rings (SSSR count). The van der Waals surface area contributed by atoms with Gasteiger partial charge in [-0.1, -0.05) is 43.3 Å². The highest BCUT2D eigenvalue weighted by Crippen LogP contribution is 2.59. The molecule has 3 aliphatic rings. The number of rotatable bonds is 10. The summed E-state index contributed by atoms with van der Waals surface area (Å²) in [5, 5.41) is 10.1. The first-order valence-electron chi connectivity index (χ1n) is 12.1. The van der Waals surface area contributed by atoms with E-state index in [-0.39, 0.29) is 25.0 Å². The molecule has 2 amide bonds. The summed E-state index contributed by atoms with van der Waals surface area (Å²) < 4.78 is 11.7. The Morgan fingerprint density at radius 2 is 2.09 bits per heavy atom. The Labute approximate surface area is 200 Å². The lowest BCUT2D eigenvalue weighted by Gasteiger charge is -2.39. The zero-order valence-electron chi connectivity index (χ0n) is 19.9. The topological polar surface area (TPSA) is 96.4 Å². The van der Waals surface area contributed by atoms with Gasteiger partial charge in [0.25, 0.3) is 0 Å². The average Bonchev–Trinajstić information content (AvgIpc) is 3.48. The molecule has 0 saturated carbocycles. The van der Waals surface area contributed by atoms with Crippen molar-refractivity contribution in [2.75, 3.05) is 19.8 Å². The number of carbonyl (C=O) groups is 3. The van der Waals surface area contributed by atoms with Crippen molar-refractivity contribution >= 4 is 17.8 Å². The van der Waals surface area contributed by atoms with Crippen molar-refractivity contribution in [2.45, 2.75) is 63.4 Å². The largest absolute Gasteiger partial charge is 0.466 e. The first kappa shape index (κ1) is 24.4. The third-order valence-electron chi connectivity index (χ3n) is 7.48. The number of aliphatic hydroxyl groups excluding tert-OH is 1. The SMILES string of the molecule is C=CCN(Cc1ccccc1)C(=O)C1N([C@@H](CC)CO)C(=O)[C@@H]2[C@H](C(=O)OCC)[C@@H]3CCC12O3. The second kappa shape index (κ2) is 9.88. The smallest absolute Gasteiger partial charge is 0.312 e. The fourth-order valence-corrected chi connectivity index (χ4v) is 6.05. The maximum atomic E-state index is 14.2. The molecular formula is C26H34N2O6. The first-order valence-corrected chi connectivity index (χ1v) is 12.1. The Morgan fingerprint density at radius 1 is 1.35 bits per heavy atom. The predicted octanol–water partition coefficient (Wildman–Crippen LogP) is 1.91. The standard InChI is InChI=1S/C26H34N2O6/c1-4-14-27(15-17-10-8-7-9-11-17)24(31)22-26-13-12-19(34-26)20(25(32)33-6-3)21(26)23(30)28(22)18(5-2)16-29/h4,7-11,18-22,29H,1,5-6,12-16H2,2-3H3/t18-,19-,20+,21-,22?,26?/m0/s1. The van der Waals surface area contributed by atoms with Gasteiger partial charge in [0.2, 0.25) is 11.8 Å². The van der Waals surface area contributed by atoms with E-state index in [0.717, 1.165) is 5.56 Å². The molecule has 8 nitrogen and oxygen atoms in total. The number of carbonyl (C=O) groups excluding carboxylic acids is 3. The third kappa shape index (κ3) is 3.82. The van der Waals surface area contributed by atoms with Gasteiger partial charge >= 0.3 is 5.97 Å². The van der Waals surface area contributed by atoms with Crippen LogP contribution in [0.4, 0.5) is 0 Å². The van der Waals surface area contributed by atoms with Gasteiger partial charge in [-0.2, -0.15) is 0 Å². The summed E-state index contributed by atoms with van der Waals surface area (Å²) in [6, 6.07) is 8.16. The molecule has 1 aromatic carbocycles. The fourth-order valence-electron chi connectivity index (χ4n) is 6.05. The number of ether oxygens (including phenoxy) is 2. The Bertz CT molecular complexity index is 932. The van der Waals surface area contributed by atoms with Crippen molar-refractivity contribution in [3.8, 4) is 0 Å². The van der Waals surface area contributed by atoms with Crippen molar-refractivity contribution in [1.82, 2.24) is 9.80 Å². The summed E-state index contributed by atoms with van der Waals surface area (Å²) >= 11 is 0. The lowest BCUT2D eigenvalue weighted by Crippen LogP contribution is -2.58. The van der Waals surface area contributed by atoms with Gasteiger partial charge in [-0.05, 0) is 31.7 Å². The average molecular weight is 471 g/mol. The van der Waals surface area contributed by atoms with Crippen LogP contribution in [0, 0.1) is 11.8 Å². The Hall–Kier alpha value is -2.71. The quantitative estimate of drug-likeness (QED) is 0.415. The Morgan fingerprint density at radius 3 is 2.71 bits per heavy atom. The molecule has 0 aliphatic carbocycles. The number of hydrogen-bond donors (Lipinski definition) is 1. The summed E-state index contributed by atoms with van der Waals surface area (Å²) in [7, 11) is 0. The van der Waals surface area contributed by atoms with Crippen LogP contribution < -0.4 is 0 Å². The zero-order chi connectivity index (χ0) is 24.5. The predicted molar refractivity (Wildman–Crippen MR) is 124 cm³/mol. The fraction of sp³-hybridized carbons (Fsp3) is 0.577. The molecule has 0 radical (unpaired) electrons. The van der Waals surface area contributed by atoms with Gasteiger partial charge in [-0.3, -0.25) is 14.4 Å². The van der Waals surface area contributed by atoms with E-state index in [2.05, 4.69) is 6.58 Å². The van der Waals surface area contributed by atoms with Crippen LogP contribution in [-0.4, -0.2) is 76.2 Å². The molecular weight excluding hydrogens is 436 g/mol. The number of fused-ring (bicyclic) bond motifs is 1. The molecule has 8 heteroatoms. The molecule has 1 aromatic rings. The van der Waals surface area contributed by atoms with Crippen molar-refractivity contribution < 1.29 is 29.0 Å². The normalized spacial score (nSPS) is 30.2. The van der Waals surface area contributed by atoms with E-state index in [9.17, 15) is 19.5 Å². The van der Waals surface area contributed by atoms with Crippen molar-refractivity contribution in [3.63, 3.8) is 0 Å². The summed E-state index contributed by atoms with van der Waals surface area (Å²) in [5.41, 5.74) is -0.146. The number of likely N-dealkylation sites (tertiary alicyclic amines) is 1. The molecule has 2 bridgehead atoms. The van der Waals surface area contributed by atoms with Gasteiger partial charge in [0.05, 0.1) is 37.2 Å². The molecule has 34 heavy (non-hydrogen) atoms. The molecule has 3 aliphatic heterocycles. The van der Waals surface area contributed by atoms with E-state index in [0.29, 0.717) is 32.4 Å². The summed E-state index contributed by atoms with van der Waals surface area (Å²) in [5.74, 6) is -2.54. The van der Waals surface area contributed by atoms with Crippen LogP contribution in [0.1, 0.15) is 38.7 Å². The van der Waals surface area contributed by atoms with Gasteiger partial charge in [0.1, 0.15) is 11.6 Å². The molecule has 3 fully saturated rings. The molecule has 0 aromatic heterocycles. The van der Waals surface area contributed by atoms with Gasteiger partial charge in [0.15, 0.2) is 0 Å². The zero-order valence-corrected chi connectivity index (χ0v) is 19.9. The minimum absolute atomic E-state index is 0.209. The molecule has 1 spiro atoms. The van der Waals surface area contributed by atoms with E-state index in [1.54, 1.807) is 17.9 Å². The lowest BCUT2D eigenvalue weighted by atomic mass is 9.70. The van der Waals surface area contributed by atoms with Crippen LogP contribution in [0.15, 0.2) is 43.0 Å². The summed E-state index contributed by atoms with van der Waals surface area (Å²) in [6.07, 6.45) is 2.78. The van der Waals surface area contributed by atoms with Crippen LogP contribution in [0.25, 0.3) is 0 Å². The Kier molecular flexibility index (Phi) is 7.09. The van der Waals surface area contributed by atoms with E-state index < -0.39 is 41.6 Å². The van der Waals surface area contributed by atoms with Gasteiger partial charge < -0.3 is 24.4 Å². The number of hydrogen-bond acceptors (Lipinski definition) is 6.